The minimum Gasteiger partial charge on any atom is -0.362 e. The molecule has 0 bridgehead atoms. The van der Waals surface area contributed by atoms with Gasteiger partial charge in [0.15, 0.2) is 0 Å². The number of amides is 3. The number of carbonyl (C=O) groups excluding carboxylic acids is 2. The van der Waals surface area contributed by atoms with Gasteiger partial charge in [-0.15, -0.1) is 0 Å². The molecule has 2 N–H and O–H groups in total. The number of aryl methyl sites for hydroxylation is 2. The molecule has 0 radical (unpaired) electrons. The van der Waals surface area contributed by atoms with Crippen LogP contribution in [0.3, 0.4) is 0 Å². The Bertz CT molecular complexity index is 617. The van der Waals surface area contributed by atoms with Gasteiger partial charge < -0.3 is 10.2 Å². The van der Waals surface area contributed by atoms with Crippen LogP contribution in [0.25, 0.3) is 0 Å². The predicted molar refractivity (Wildman–Crippen MR) is 92.9 cm³/mol. The first-order chi connectivity index (χ1) is 10.7. The van der Waals surface area contributed by atoms with E-state index in [0.29, 0.717) is 0 Å². The number of anilines is 1. The third-order valence-electron chi connectivity index (χ3n) is 3.87. The molecule has 0 aromatic heterocycles. The Labute approximate surface area is 138 Å². The molecule has 1 aliphatic rings. The molecule has 1 aromatic carbocycles. The molecular formula is C18H27N3O2. The number of nitrogens with one attached hydrogen (secondary N) is 2. The van der Waals surface area contributed by atoms with Crippen molar-refractivity contribution in [3.63, 3.8) is 0 Å². The number of hydrogen-bond acceptors (Lipinski definition) is 3. The zero-order valence-electron chi connectivity index (χ0n) is 14.7. The van der Waals surface area contributed by atoms with E-state index in [9.17, 15) is 9.59 Å². The first-order valence-electron chi connectivity index (χ1n) is 8.13. The monoisotopic (exact) mass is 317 g/mol. The standard InChI is InChI=1S/C18H27N3O2/c1-12-9-13(2)14-7-6-8-21(15(14)10-12)11-16(22)19-17(23)20-18(3,4)5/h9-10H,6-8,11H2,1-5H3,(H2,19,20,22,23). The lowest BCUT2D eigenvalue weighted by Crippen LogP contribution is -2.50. The molecule has 3 amide bonds. The molecular weight excluding hydrogens is 290 g/mol. The normalized spacial score (nSPS) is 14.2. The van der Waals surface area contributed by atoms with Crippen molar-refractivity contribution in [1.82, 2.24) is 10.6 Å². The smallest absolute Gasteiger partial charge is 0.321 e. The topological polar surface area (TPSA) is 61.4 Å². The van der Waals surface area contributed by atoms with Crippen LogP contribution in [0.4, 0.5) is 10.5 Å². The number of rotatable bonds is 2. The Balaban J connectivity index is 2.05. The van der Waals surface area contributed by atoms with Crippen LogP contribution in [0, 0.1) is 13.8 Å². The van der Waals surface area contributed by atoms with E-state index in [0.717, 1.165) is 25.1 Å². The van der Waals surface area contributed by atoms with Crippen LogP contribution in [-0.2, 0) is 11.2 Å². The van der Waals surface area contributed by atoms with Gasteiger partial charge in [0.1, 0.15) is 0 Å². The van der Waals surface area contributed by atoms with Crippen molar-refractivity contribution >= 4 is 17.6 Å². The van der Waals surface area contributed by atoms with Crippen LogP contribution in [0.2, 0.25) is 0 Å². The van der Waals surface area contributed by atoms with Crippen molar-refractivity contribution in [3.8, 4) is 0 Å². The summed E-state index contributed by atoms with van der Waals surface area (Å²) < 4.78 is 0. The molecule has 0 fully saturated rings. The summed E-state index contributed by atoms with van der Waals surface area (Å²) in [5.41, 5.74) is 4.54. The van der Waals surface area contributed by atoms with E-state index >= 15 is 0 Å². The van der Waals surface area contributed by atoms with E-state index in [4.69, 9.17) is 0 Å². The predicted octanol–water partition coefficient (Wildman–Crippen LogP) is 2.68. The highest BCUT2D eigenvalue weighted by molar-refractivity contribution is 5.96. The molecule has 5 nitrogen and oxygen atoms in total. The van der Waals surface area contributed by atoms with Gasteiger partial charge in [-0.25, -0.2) is 4.79 Å². The van der Waals surface area contributed by atoms with Gasteiger partial charge in [-0.1, -0.05) is 6.07 Å². The van der Waals surface area contributed by atoms with Crippen LogP contribution in [0.1, 0.15) is 43.9 Å². The summed E-state index contributed by atoms with van der Waals surface area (Å²) in [6, 6.07) is 3.86. The first kappa shape index (κ1) is 17.3. The summed E-state index contributed by atoms with van der Waals surface area (Å²) in [4.78, 5) is 26.0. The van der Waals surface area contributed by atoms with E-state index in [1.165, 1.54) is 16.7 Å². The number of hydrogen-bond donors (Lipinski definition) is 2. The summed E-state index contributed by atoms with van der Waals surface area (Å²) in [5, 5.41) is 5.15. The van der Waals surface area contributed by atoms with E-state index in [1.807, 2.05) is 20.8 Å². The third-order valence-corrected chi connectivity index (χ3v) is 3.87. The van der Waals surface area contributed by atoms with E-state index in [2.05, 4.69) is 41.5 Å². The van der Waals surface area contributed by atoms with Gasteiger partial charge in [0.2, 0.25) is 5.91 Å². The molecule has 0 spiro atoms. The van der Waals surface area contributed by atoms with Crippen LogP contribution in [0.15, 0.2) is 12.1 Å². The summed E-state index contributed by atoms with van der Waals surface area (Å²) in [6.07, 6.45) is 2.07. The van der Waals surface area contributed by atoms with Gasteiger partial charge in [-0.05, 0) is 70.2 Å². The zero-order valence-corrected chi connectivity index (χ0v) is 14.7. The second-order valence-electron chi connectivity index (χ2n) is 7.36. The van der Waals surface area contributed by atoms with Crippen molar-refractivity contribution in [1.29, 1.82) is 0 Å². The van der Waals surface area contributed by atoms with Crippen molar-refractivity contribution in [2.45, 2.75) is 53.0 Å². The van der Waals surface area contributed by atoms with E-state index in [1.54, 1.807) is 0 Å². The first-order valence-corrected chi connectivity index (χ1v) is 8.13. The maximum Gasteiger partial charge on any atom is 0.321 e. The molecule has 1 aromatic rings. The molecule has 2 rings (SSSR count). The fourth-order valence-corrected chi connectivity index (χ4v) is 3.03. The molecule has 0 unspecified atom stereocenters. The number of carbonyl (C=O) groups is 2. The molecule has 5 heteroatoms. The number of nitrogens with zero attached hydrogens (tertiary/aromatic N) is 1. The molecule has 0 saturated carbocycles. The van der Waals surface area contributed by atoms with E-state index < -0.39 is 6.03 Å². The maximum absolute atomic E-state index is 12.2. The maximum atomic E-state index is 12.2. The summed E-state index contributed by atoms with van der Waals surface area (Å²) in [5.74, 6) is -0.279. The largest absolute Gasteiger partial charge is 0.362 e. The number of urea groups is 1. The number of fused-ring (bicyclic) bond motifs is 1. The van der Waals surface area contributed by atoms with Gasteiger partial charge in [0, 0.05) is 17.8 Å². The second kappa shape index (κ2) is 6.60. The second-order valence-corrected chi connectivity index (χ2v) is 7.36. The molecule has 0 saturated heterocycles. The SMILES string of the molecule is Cc1cc(C)c2c(c1)N(CC(=O)NC(=O)NC(C)(C)C)CCC2. The summed E-state index contributed by atoms with van der Waals surface area (Å²) in [7, 11) is 0. The summed E-state index contributed by atoms with van der Waals surface area (Å²) in [6.45, 7) is 10.9. The third kappa shape index (κ3) is 4.71. The van der Waals surface area contributed by atoms with Gasteiger partial charge >= 0.3 is 6.03 Å². The summed E-state index contributed by atoms with van der Waals surface area (Å²) >= 11 is 0. The van der Waals surface area contributed by atoms with E-state index in [-0.39, 0.29) is 18.0 Å². The minimum atomic E-state index is -0.444. The molecule has 1 heterocycles. The molecule has 0 aliphatic carbocycles. The van der Waals surface area contributed by atoms with Crippen molar-refractivity contribution in [3.05, 3.63) is 28.8 Å². The van der Waals surface area contributed by atoms with Gasteiger partial charge in [0.25, 0.3) is 0 Å². The lowest BCUT2D eigenvalue weighted by molar-refractivity contribution is -0.118. The Kier molecular flexibility index (Phi) is 4.97. The Hall–Kier alpha value is -2.04. The highest BCUT2D eigenvalue weighted by atomic mass is 16.2. The average Bonchev–Trinajstić information content (AvgIpc) is 2.37. The van der Waals surface area contributed by atoms with Gasteiger partial charge in [-0.3, -0.25) is 10.1 Å². The molecule has 126 valence electrons. The lowest BCUT2D eigenvalue weighted by Gasteiger charge is -2.32. The van der Waals surface area contributed by atoms with Gasteiger partial charge in [-0.2, -0.15) is 0 Å². The van der Waals surface area contributed by atoms with Crippen LogP contribution >= 0.6 is 0 Å². The van der Waals surface area contributed by atoms with Crippen LogP contribution < -0.4 is 15.5 Å². The van der Waals surface area contributed by atoms with Crippen molar-refractivity contribution in [2.24, 2.45) is 0 Å². The van der Waals surface area contributed by atoms with Gasteiger partial charge in [0.05, 0.1) is 6.54 Å². The zero-order chi connectivity index (χ0) is 17.2. The van der Waals surface area contributed by atoms with Crippen molar-refractivity contribution in [2.75, 3.05) is 18.0 Å². The van der Waals surface area contributed by atoms with Crippen LogP contribution in [0.5, 0.6) is 0 Å². The van der Waals surface area contributed by atoms with Crippen molar-refractivity contribution < 1.29 is 9.59 Å². The Morgan fingerprint density at radius 2 is 1.91 bits per heavy atom. The Morgan fingerprint density at radius 3 is 2.57 bits per heavy atom. The highest BCUT2D eigenvalue weighted by Gasteiger charge is 2.22. The number of imide groups is 1. The quantitative estimate of drug-likeness (QED) is 0.881. The average molecular weight is 317 g/mol. The minimum absolute atomic E-state index is 0.202. The fourth-order valence-electron chi connectivity index (χ4n) is 3.03. The lowest BCUT2D eigenvalue weighted by atomic mass is 9.95. The molecule has 0 atom stereocenters. The highest BCUT2D eigenvalue weighted by Crippen LogP contribution is 2.30. The Morgan fingerprint density at radius 1 is 1.22 bits per heavy atom. The molecule has 1 aliphatic heterocycles. The van der Waals surface area contributed by atoms with Crippen LogP contribution in [-0.4, -0.2) is 30.6 Å². The fraction of sp³-hybridized carbons (Fsp3) is 0.556. The number of benzene rings is 1. The molecule has 23 heavy (non-hydrogen) atoms.